The van der Waals surface area contributed by atoms with Gasteiger partial charge < -0.3 is 14.9 Å². The van der Waals surface area contributed by atoms with Crippen molar-refractivity contribution in [2.45, 2.75) is 12.3 Å². The zero-order valence-corrected chi connectivity index (χ0v) is 14.3. The van der Waals surface area contributed by atoms with Crippen LogP contribution in [0.15, 0.2) is 48.5 Å². The lowest BCUT2D eigenvalue weighted by molar-refractivity contribution is -0.138. The number of fused-ring (bicyclic) bond motifs is 1. The highest BCUT2D eigenvalue weighted by molar-refractivity contribution is 6.15. The Hall–Kier alpha value is -3.22. The van der Waals surface area contributed by atoms with Crippen molar-refractivity contribution >= 4 is 29.2 Å². The predicted molar refractivity (Wildman–Crippen MR) is 96.0 cm³/mol. The summed E-state index contributed by atoms with van der Waals surface area (Å²) in [4.78, 5) is 40.2. The standard InChI is InChI=1S/C20H17FN2O4/c21-12-5-7-13(8-6-12)22-10-9-15(18(22)24)19(25)23-11-16(20(26)27)14-3-1-2-4-17(14)23/h1-8,15-16H,9-11H2,(H,26,27). The molecule has 0 aliphatic carbocycles. The van der Waals surface area contributed by atoms with E-state index in [1.54, 1.807) is 24.3 Å². The molecule has 0 bridgehead atoms. The average Bonchev–Trinajstić information content (AvgIpc) is 3.23. The van der Waals surface area contributed by atoms with Crippen molar-refractivity contribution in [3.05, 3.63) is 59.9 Å². The summed E-state index contributed by atoms with van der Waals surface area (Å²) in [5.41, 5.74) is 1.67. The minimum atomic E-state index is -0.997. The fourth-order valence-electron chi connectivity index (χ4n) is 3.80. The molecule has 2 atom stereocenters. The lowest BCUT2D eigenvalue weighted by Crippen LogP contribution is -2.40. The van der Waals surface area contributed by atoms with Gasteiger partial charge in [0.05, 0.1) is 0 Å². The Kier molecular flexibility index (Phi) is 4.14. The Morgan fingerprint density at radius 3 is 2.44 bits per heavy atom. The number of halogens is 1. The summed E-state index contributed by atoms with van der Waals surface area (Å²) in [7, 11) is 0. The number of carboxylic acids is 1. The molecular weight excluding hydrogens is 351 g/mol. The van der Waals surface area contributed by atoms with Gasteiger partial charge >= 0.3 is 5.97 Å². The fraction of sp³-hybridized carbons (Fsp3) is 0.250. The van der Waals surface area contributed by atoms with E-state index in [-0.39, 0.29) is 18.4 Å². The summed E-state index contributed by atoms with van der Waals surface area (Å²) in [6, 6.07) is 12.4. The molecule has 138 valence electrons. The summed E-state index contributed by atoms with van der Waals surface area (Å²) < 4.78 is 13.1. The van der Waals surface area contributed by atoms with Crippen LogP contribution in [0.25, 0.3) is 0 Å². The summed E-state index contributed by atoms with van der Waals surface area (Å²) in [5.74, 6) is -3.79. The molecule has 2 aromatic carbocycles. The van der Waals surface area contributed by atoms with Gasteiger partial charge in [-0.05, 0) is 42.3 Å². The summed E-state index contributed by atoms with van der Waals surface area (Å²) in [6.07, 6.45) is 0.339. The average molecular weight is 368 g/mol. The van der Waals surface area contributed by atoms with Crippen molar-refractivity contribution in [1.29, 1.82) is 0 Å². The smallest absolute Gasteiger partial charge is 0.312 e. The van der Waals surface area contributed by atoms with Crippen LogP contribution in [0.5, 0.6) is 0 Å². The van der Waals surface area contributed by atoms with E-state index in [0.717, 1.165) is 0 Å². The van der Waals surface area contributed by atoms with Crippen LogP contribution in [-0.2, 0) is 14.4 Å². The molecule has 1 N–H and O–H groups in total. The first-order chi connectivity index (χ1) is 13.0. The topological polar surface area (TPSA) is 77.9 Å². The summed E-state index contributed by atoms with van der Waals surface area (Å²) >= 11 is 0. The Labute approximate surface area is 154 Å². The van der Waals surface area contributed by atoms with Crippen LogP contribution in [0.3, 0.4) is 0 Å². The van der Waals surface area contributed by atoms with E-state index in [4.69, 9.17) is 0 Å². The van der Waals surface area contributed by atoms with Crippen LogP contribution in [-0.4, -0.2) is 36.0 Å². The van der Waals surface area contributed by atoms with Crippen molar-refractivity contribution in [3.63, 3.8) is 0 Å². The number of carbonyl (C=O) groups is 3. The molecule has 4 rings (SSSR count). The third kappa shape index (κ3) is 2.85. The van der Waals surface area contributed by atoms with Gasteiger partial charge in [-0.3, -0.25) is 14.4 Å². The Morgan fingerprint density at radius 1 is 1.04 bits per heavy atom. The molecule has 7 heteroatoms. The van der Waals surface area contributed by atoms with E-state index in [0.29, 0.717) is 29.9 Å². The van der Waals surface area contributed by atoms with Crippen molar-refractivity contribution in [2.75, 3.05) is 22.9 Å². The van der Waals surface area contributed by atoms with Gasteiger partial charge in [0.15, 0.2) is 0 Å². The summed E-state index contributed by atoms with van der Waals surface area (Å²) in [5, 5.41) is 9.45. The van der Waals surface area contributed by atoms with Gasteiger partial charge in [-0.1, -0.05) is 18.2 Å². The maximum absolute atomic E-state index is 13.1. The minimum Gasteiger partial charge on any atom is -0.481 e. The Morgan fingerprint density at radius 2 is 1.74 bits per heavy atom. The molecule has 6 nitrogen and oxygen atoms in total. The fourth-order valence-corrected chi connectivity index (χ4v) is 3.80. The number of nitrogens with zero attached hydrogens (tertiary/aromatic N) is 2. The number of benzene rings is 2. The maximum atomic E-state index is 13.1. The van der Waals surface area contributed by atoms with Gasteiger partial charge in [-0.15, -0.1) is 0 Å². The van der Waals surface area contributed by atoms with Gasteiger partial charge in [-0.2, -0.15) is 0 Å². The van der Waals surface area contributed by atoms with E-state index in [2.05, 4.69) is 0 Å². The predicted octanol–water partition coefficient (Wildman–Crippen LogP) is 2.39. The molecule has 1 saturated heterocycles. The highest BCUT2D eigenvalue weighted by Crippen LogP contribution is 2.38. The third-order valence-corrected chi connectivity index (χ3v) is 5.17. The molecule has 2 heterocycles. The second kappa shape index (κ2) is 6.50. The first-order valence-corrected chi connectivity index (χ1v) is 8.67. The zero-order chi connectivity index (χ0) is 19.1. The van der Waals surface area contributed by atoms with Crippen LogP contribution < -0.4 is 9.80 Å². The number of aliphatic carboxylic acids is 1. The van der Waals surface area contributed by atoms with E-state index < -0.39 is 23.6 Å². The Balaban J connectivity index is 1.58. The first-order valence-electron chi connectivity index (χ1n) is 8.67. The van der Waals surface area contributed by atoms with Gasteiger partial charge in [0.1, 0.15) is 17.7 Å². The number of anilines is 2. The van der Waals surface area contributed by atoms with Crippen molar-refractivity contribution in [2.24, 2.45) is 5.92 Å². The largest absolute Gasteiger partial charge is 0.481 e. The monoisotopic (exact) mass is 368 g/mol. The molecule has 2 aliphatic heterocycles. The van der Waals surface area contributed by atoms with Crippen LogP contribution in [0, 0.1) is 11.7 Å². The number of rotatable bonds is 3. The second-order valence-corrected chi connectivity index (χ2v) is 6.71. The van der Waals surface area contributed by atoms with Gasteiger partial charge in [-0.25, -0.2) is 4.39 Å². The van der Waals surface area contributed by atoms with Crippen molar-refractivity contribution < 1.29 is 23.9 Å². The van der Waals surface area contributed by atoms with Crippen LogP contribution in [0.2, 0.25) is 0 Å². The number of amides is 2. The van der Waals surface area contributed by atoms with Crippen molar-refractivity contribution in [1.82, 2.24) is 0 Å². The molecule has 0 radical (unpaired) electrons. The van der Waals surface area contributed by atoms with Crippen LogP contribution >= 0.6 is 0 Å². The number of hydrogen-bond donors (Lipinski definition) is 1. The van der Waals surface area contributed by atoms with E-state index in [1.165, 1.54) is 34.1 Å². The molecule has 2 aliphatic rings. The molecule has 0 saturated carbocycles. The Bertz CT molecular complexity index is 928. The van der Waals surface area contributed by atoms with Gasteiger partial charge in [0.2, 0.25) is 11.8 Å². The minimum absolute atomic E-state index is 0.0217. The van der Waals surface area contributed by atoms with E-state index >= 15 is 0 Å². The van der Waals surface area contributed by atoms with Crippen LogP contribution in [0.1, 0.15) is 17.9 Å². The van der Waals surface area contributed by atoms with Crippen molar-refractivity contribution in [3.8, 4) is 0 Å². The zero-order valence-electron chi connectivity index (χ0n) is 14.3. The normalized spacial score (nSPS) is 21.4. The molecule has 2 unspecified atom stereocenters. The molecular formula is C20H17FN2O4. The third-order valence-electron chi connectivity index (χ3n) is 5.17. The second-order valence-electron chi connectivity index (χ2n) is 6.71. The molecule has 1 fully saturated rings. The number of hydrogen-bond acceptors (Lipinski definition) is 3. The van der Waals surface area contributed by atoms with Gasteiger partial charge in [0, 0.05) is 24.5 Å². The maximum Gasteiger partial charge on any atom is 0.312 e. The highest BCUT2D eigenvalue weighted by atomic mass is 19.1. The van der Waals surface area contributed by atoms with Gasteiger partial charge in [0.25, 0.3) is 0 Å². The molecule has 27 heavy (non-hydrogen) atoms. The number of para-hydroxylation sites is 1. The number of carbonyl (C=O) groups excluding carboxylic acids is 2. The molecule has 2 amide bonds. The quantitative estimate of drug-likeness (QED) is 0.844. The summed E-state index contributed by atoms with van der Waals surface area (Å²) in [6.45, 7) is 0.382. The molecule has 0 spiro atoms. The number of carboxylic acid groups (broad SMARTS) is 1. The molecule has 2 aromatic rings. The first kappa shape index (κ1) is 17.2. The highest BCUT2D eigenvalue weighted by Gasteiger charge is 2.44. The lowest BCUT2D eigenvalue weighted by atomic mass is 10.0. The van der Waals surface area contributed by atoms with Crippen LogP contribution in [0.4, 0.5) is 15.8 Å². The lowest BCUT2D eigenvalue weighted by Gasteiger charge is -2.21. The molecule has 0 aromatic heterocycles. The van der Waals surface area contributed by atoms with E-state index in [9.17, 15) is 23.9 Å². The van der Waals surface area contributed by atoms with E-state index in [1.807, 2.05) is 0 Å². The SMILES string of the molecule is O=C(O)C1CN(C(=O)C2CCN(c3ccc(F)cc3)C2=O)c2ccccc21.